The van der Waals surface area contributed by atoms with E-state index in [1.807, 2.05) is 17.9 Å². The van der Waals surface area contributed by atoms with Gasteiger partial charge in [-0.2, -0.15) is 8.42 Å². The fourth-order valence-corrected chi connectivity index (χ4v) is 6.72. The van der Waals surface area contributed by atoms with Gasteiger partial charge in [0.15, 0.2) is 11.3 Å². The Morgan fingerprint density at radius 2 is 1.14 bits per heavy atom. The van der Waals surface area contributed by atoms with E-state index in [1.54, 1.807) is 24.3 Å². The fraction of sp³-hybridized carbons (Fsp3) is 0.568. The third kappa shape index (κ3) is 12.7. The van der Waals surface area contributed by atoms with E-state index in [2.05, 4.69) is 18.7 Å². The molecule has 11 nitrogen and oxygen atoms in total. The summed E-state index contributed by atoms with van der Waals surface area (Å²) in [5.41, 5.74) is 2.33. The fourth-order valence-electron chi connectivity index (χ4n) is 6.22. The standard InChI is InChI=1S/C37H54N2O7S.2H2O/c1-4-7-9-11-13-15-22-39(23-16-14-12-10-8-5-2)29-19-21-31(33(41)27-29)35-36(42)34(37(35)43)30-20-18-28(26-32(30)40)38(6-3)24-17-25-47(44,45)46;;/h18-21,26-27,42H,4-17,22-25H2,1-3H3,(H2-2,40,41,43,44,45,46);2*1H2. The number of rotatable bonds is 23. The molecule has 0 aliphatic carbocycles. The highest BCUT2D eigenvalue weighted by Gasteiger charge is 2.43. The highest BCUT2D eigenvalue weighted by molar-refractivity contribution is 7.85. The number of hydrogen-bond acceptors (Lipinski definition) is 10. The van der Waals surface area contributed by atoms with Gasteiger partial charge in [0.25, 0.3) is 27.2 Å². The van der Waals surface area contributed by atoms with Gasteiger partial charge in [-0.05, 0) is 38.3 Å². The predicted molar refractivity (Wildman–Crippen MR) is 197 cm³/mol. The smallest absolute Gasteiger partial charge is 0.290 e. The molecule has 0 radical (unpaired) electrons. The monoisotopic (exact) mass is 706 g/mol. The average molecular weight is 707 g/mol. The number of benzene rings is 2. The summed E-state index contributed by atoms with van der Waals surface area (Å²) in [7, 11) is -4.06. The van der Waals surface area contributed by atoms with Crippen molar-refractivity contribution in [1.82, 2.24) is 0 Å². The van der Waals surface area contributed by atoms with Gasteiger partial charge in [-0.1, -0.05) is 78.1 Å². The minimum absolute atomic E-state index is 0. The summed E-state index contributed by atoms with van der Waals surface area (Å²) in [6, 6.07) is 10.2. The lowest BCUT2D eigenvalue weighted by atomic mass is 9.88. The summed E-state index contributed by atoms with van der Waals surface area (Å²) in [6.45, 7) is 9.04. The van der Waals surface area contributed by atoms with Crippen LogP contribution in [0.15, 0.2) is 36.4 Å². The summed E-state index contributed by atoms with van der Waals surface area (Å²) in [5, 5.41) is 44.0. The second-order valence-corrected chi connectivity index (χ2v) is 14.2. The van der Waals surface area contributed by atoms with Crippen molar-refractivity contribution < 1.29 is 44.3 Å². The Morgan fingerprint density at radius 3 is 1.63 bits per heavy atom. The van der Waals surface area contributed by atoms with E-state index in [0.717, 1.165) is 31.6 Å². The first-order chi connectivity index (χ1) is 22.5. The van der Waals surface area contributed by atoms with Crippen molar-refractivity contribution in [2.24, 2.45) is 0 Å². The lowest BCUT2D eigenvalue weighted by Crippen LogP contribution is -2.25. The van der Waals surface area contributed by atoms with Crippen LogP contribution < -0.4 is 9.80 Å². The van der Waals surface area contributed by atoms with Crippen LogP contribution in [0.4, 0.5) is 11.4 Å². The van der Waals surface area contributed by atoms with Crippen LogP contribution in [0.1, 0.15) is 104 Å². The quantitative estimate of drug-likeness (QED) is 0.0359. The van der Waals surface area contributed by atoms with Crippen LogP contribution in [-0.4, -0.2) is 76.3 Å². The second kappa shape index (κ2) is 21.6. The second-order valence-electron chi connectivity index (χ2n) is 12.6. The lowest BCUT2D eigenvalue weighted by molar-refractivity contribution is 0.430. The zero-order chi connectivity index (χ0) is 34.4. The van der Waals surface area contributed by atoms with Crippen molar-refractivity contribution in [1.29, 1.82) is 0 Å². The van der Waals surface area contributed by atoms with Gasteiger partial charge < -0.3 is 41.2 Å². The van der Waals surface area contributed by atoms with Gasteiger partial charge in [0, 0.05) is 56.1 Å². The van der Waals surface area contributed by atoms with Crippen molar-refractivity contribution in [2.45, 2.75) is 104 Å². The van der Waals surface area contributed by atoms with Crippen molar-refractivity contribution >= 4 is 21.5 Å². The molecular weight excluding hydrogens is 648 g/mol. The van der Waals surface area contributed by atoms with E-state index in [4.69, 9.17) is 4.55 Å². The zero-order valence-corrected chi connectivity index (χ0v) is 30.3. The van der Waals surface area contributed by atoms with Crippen LogP contribution in [0.2, 0.25) is 0 Å². The molecule has 0 atom stereocenters. The van der Waals surface area contributed by atoms with Crippen LogP contribution in [-0.2, 0) is 10.1 Å². The maximum atomic E-state index is 11.1. The van der Waals surface area contributed by atoms with Gasteiger partial charge in [0.1, 0.15) is 5.56 Å². The van der Waals surface area contributed by atoms with Crippen molar-refractivity contribution in [3.05, 3.63) is 36.4 Å². The number of aromatic hydroxyl groups is 4. The Hall–Kier alpha value is -3.45. The maximum Gasteiger partial charge on any atom is 0.290 e. The topological polar surface area (TPSA) is 202 Å². The summed E-state index contributed by atoms with van der Waals surface area (Å²) in [6.07, 6.45) is 14.7. The molecule has 276 valence electrons. The van der Waals surface area contributed by atoms with Gasteiger partial charge in [-0.15, -0.1) is 0 Å². The van der Waals surface area contributed by atoms with E-state index < -0.39 is 10.1 Å². The molecule has 3 rings (SSSR count). The molecule has 12 heteroatoms. The molecule has 0 fully saturated rings. The number of hydrogen-bond donors (Lipinski definition) is 5. The molecule has 49 heavy (non-hydrogen) atoms. The Morgan fingerprint density at radius 1 is 0.653 bits per heavy atom. The number of phenols is 2. The SMILES string of the molecule is CCCCCCCCN(CCCCCCCC)c1ccc(-c2c(O)[c+](-c3ccc(N(CC)CCCS(=O)(=O)O)cc3O)[c+]2O)c(O)c1.[OH-].[OH-]. The third-order valence-corrected chi connectivity index (χ3v) is 9.76. The van der Waals surface area contributed by atoms with Gasteiger partial charge in [-0.25, -0.2) is 0 Å². The summed E-state index contributed by atoms with van der Waals surface area (Å²) in [4.78, 5) is 4.19. The van der Waals surface area contributed by atoms with Gasteiger partial charge >= 0.3 is 0 Å². The first-order valence-electron chi connectivity index (χ1n) is 17.5. The number of phenolic OH excluding ortho intramolecular Hbond substituents is 2. The molecule has 0 spiro atoms. The molecule has 0 bridgehead atoms. The summed E-state index contributed by atoms with van der Waals surface area (Å²) < 4.78 is 31.2. The Kier molecular flexibility index (Phi) is 19.2. The van der Waals surface area contributed by atoms with Crippen molar-refractivity contribution in [3.63, 3.8) is 0 Å². The van der Waals surface area contributed by atoms with Gasteiger partial charge in [0.2, 0.25) is 11.3 Å². The molecule has 0 aliphatic heterocycles. The van der Waals surface area contributed by atoms with Crippen LogP contribution in [0.5, 0.6) is 23.0 Å². The highest BCUT2D eigenvalue weighted by atomic mass is 32.2. The largest absolute Gasteiger partial charge is 0.870 e. The Balaban J connectivity index is 0.00000600. The Bertz CT molecular complexity index is 1450. The van der Waals surface area contributed by atoms with E-state index in [-0.39, 0.29) is 62.8 Å². The molecule has 3 aromatic carbocycles. The normalized spacial score (nSPS) is 11.3. The molecule has 3 aromatic rings. The maximum absolute atomic E-state index is 11.1. The van der Waals surface area contributed by atoms with Crippen LogP contribution in [0.3, 0.4) is 0 Å². The molecule has 0 aliphatic rings. The van der Waals surface area contributed by atoms with Crippen molar-refractivity contribution in [2.75, 3.05) is 41.7 Å². The zero-order valence-electron chi connectivity index (χ0n) is 29.4. The molecule has 0 aromatic heterocycles. The molecule has 0 saturated heterocycles. The molecule has 0 saturated carbocycles. The van der Waals surface area contributed by atoms with Gasteiger partial charge in [0.05, 0.1) is 11.4 Å². The van der Waals surface area contributed by atoms with Crippen LogP contribution in [0, 0.1) is 0 Å². The van der Waals surface area contributed by atoms with Crippen molar-refractivity contribution in [3.8, 4) is 45.3 Å². The molecular formula is C37H58N2O9S. The van der Waals surface area contributed by atoms with E-state index >= 15 is 0 Å². The summed E-state index contributed by atoms with van der Waals surface area (Å²) in [5.74, 6) is -0.994. The lowest BCUT2D eigenvalue weighted by Gasteiger charge is -2.25. The number of unbranched alkanes of at least 4 members (excludes halogenated alkanes) is 10. The van der Waals surface area contributed by atoms with Gasteiger partial charge in [-0.3, -0.25) is 4.55 Å². The highest BCUT2D eigenvalue weighted by Crippen LogP contribution is 2.58. The first-order valence-corrected chi connectivity index (χ1v) is 19.1. The number of nitrogens with zero attached hydrogens (tertiary/aromatic N) is 2. The molecule has 0 heterocycles. The molecule has 0 amide bonds. The van der Waals surface area contributed by atoms with E-state index in [9.17, 15) is 28.8 Å². The van der Waals surface area contributed by atoms with Crippen LogP contribution in [0.25, 0.3) is 22.3 Å². The average Bonchev–Trinajstić information content (AvgIpc) is 3.03. The number of anilines is 2. The van der Waals surface area contributed by atoms with Crippen LogP contribution >= 0.6 is 0 Å². The predicted octanol–water partition coefficient (Wildman–Crippen LogP) is 8.56. The van der Waals surface area contributed by atoms with E-state index in [1.165, 1.54) is 70.3 Å². The van der Waals surface area contributed by atoms with E-state index in [0.29, 0.717) is 24.3 Å². The first kappa shape index (κ1) is 43.6. The third-order valence-electron chi connectivity index (χ3n) is 8.95. The summed E-state index contributed by atoms with van der Waals surface area (Å²) >= 11 is 0. The minimum atomic E-state index is -4.06. The molecule has 7 N–H and O–H groups in total. The Labute approximate surface area is 292 Å². The minimum Gasteiger partial charge on any atom is -0.870 e. The molecule has 0 unspecified atom stereocenters.